The van der Waals surface area contributed by atoms with Crippen LogP contribution in [0.1, 0.15) is 23.6 Å². The highest BCUT2D eigenvalue weighted by atomic mass is 35.5. The highest BCUT2D eigenvalue weighted by Gasteiger charge is 2.07. The number of primary amides is 1. The maximum Gasteiger partial charge on any atom is 0.221 e. The lowest BCUT2D eigenvalue weighted by molar-refractivity contribution is -0.117. The zero-order valence-electron chi connectivity index (χ0n) is 11.9. The van der Waals surface area contributed by atoms with Gasteiger partial charge in [-0.3, -0.25) is 4.79 Å². The molecule has 1 heterocycles. The van der Waals surface area contributed by atoms with Crippen molar-refractivity contribution in [1.29, 1.82) is 0 Å². The van der Waals surface area contributed by atoms with Crippen LogP contribution in [0.25, 0.3) is 0 Å². The number of amides is 1. The third-order valence-electron chi connectivity index (χ3n) is 3.20. The van der Waals surface area contributed by atoms with Crippen molar-refractivity contribution in [3.05, 3.63) is 58.4 Å². The van der Waals surface area contributed by atoms with E-state index in [0.717, 1.165) is 17.7 Å². The van der Waals surface area contributed by atoms with E-state index >= 15 is 0 Å². The Kier molecular flexibility index (Phi) is 5.17. The highest BCUT2D eigenvalue weighted by Crippen LogP contribution is 2.20. The summed E-state index contributed by atoms with van der Waals surface area (Å²) < 4.78 is 0. The van der Waals surface area contributed by atoms with Crippen LogP contribution < -0.4 is 11.1 Å². The molecule has 0 aliphatic rings. The smallest absolute Gasteiger partial charge is 0.221 e. The summed E-state index contributed by atoms with van der Waals surface area (Å²) in [6.07, 6.45) is 2.72. The number of aryl methyl sites for hydroxylation is 1. The van der Waals surface area contributed by atoms with E-state index in [1.165, 1.54) is 11.1 Å². The number of aromatic nitrogens is 1. The quantitative estimate of drug-likeness (QED) is 0.806. The van der Waals surface area contributed by atoms with Crippen LogP contribution in [0.2, 0.25) is 5.15 Å². The average molecular weight is 304 g/mol. The van der Waals surface area contributed by atoms with Crippen molar-refractivity contribution in [3.63, 3.8) is 0 Å². The number of halogens is 1. The van der Waals surface area contributed by atoms with Crippen molar-refractivity contribution in [1.82, 2.24) is 4.98 Å². The van der Waals surface area contributed by atoms with Crippen molar-refractivity contribution in [2.75, 3.05) is 5.32 Å². The largest absolute Gasteiger partial charge is 0.381 e. The number of carbonyl (C=O) groups excluding carboxylic acids is 1. The summed E-state index contributed by atoms with van der Waals surface area (Å²) in [7, 11) is 0. The minimum Gasteiger partial charge on any atom is -0.381 e. The first-order valence-electron chi connectivity index (χ1n) is 6.83. The summed E-state index contributed by atoms with van der Waals surface area (Å²) >= 11 is 5.92. The first-order chi connectivity index (χ1) is 10.1. The van der Waals surface area contributed by atoms with Crippen molar-refractivity contribution < 1.29 is 4.79 Å². The summed E-state index contributed by atoms with van der Waals surface area (Å²) in [4.78, 5) is 15.1. The molecule has 5 heteroatoms. The third-order valence-corrected chi connectivity index (χ3v) is 3.41. The lowest BCUT2D eigenvalue weighted by Crippen LogP contribution is -2.15. The Balaban J connectivity index is 2.14. The zero-order chi connectivity index (χ0) is 15.2. The predicted molar refractivity (Wildman–Crippen MR) is 85.3 cm³/mol. The van der Waals surface area contributed by atoms with Gasteiger partial charge in [0.1, 0.15) is 5.15 Å². The third kappa shape index (κ3) is 4.46. The molecule has 0 bridgehead atoms. The Morgan fingerprint density at radius 2 is 2.10 bits per heavy atom. The van der Waals surface area contributed by atoms with Crippen LogP contribution in [0.15, 0.2) is 36.5 Å². The van der Waals surface area contributed by atoms with E-state index in [-0.39, 0.29) is 6.42 Å². The van der Waals surface area contributed by atoms with Gasteiger partial charge in [-0.15, -0.1) is 0 Å². The first kappa shape index (κ1) is 15.3. The molecule has 1 aromatic heterocycles. The summed E-state index contributed by atoms with van der Waals surface area (Å²) in [6.45, 7) is 2.78. The van der Waals surface area contributed by atoms with Crippen LogP contribution >= 0.6 is 11.6 Å². The van der Waals surface area contributed by atoms with Crippen molar-refractivity contribution in [2.24, 2.45) is 5.73 Å². The Morgan fingerprint density at radius 3 is 2.81 bits per heavy atom. The number of carbonyl (C=O) groups is 1. The topological polar surface area (TPSA) is 68.0 Å². The SMILES string of the molecule is CCc1cccc(CNc2cc(Cl)ncc2CC(N)=O)c1. The first-order valence-corrected chi connectivity index (χ1v) is 7.20. The molecule has 0 radical (unpaired) electrons. The van der Waals surface area contributed by atoms with Crippen LogP contribution in [-0.4, -0.2) is 10.9 Å². The molecule has 0 unspecified atom stereocenters. The number of nitrogens with one attached hydrogen (secondary N) is 1. The average Bonchev–Trinajstić information content (AvgIpc) is 2.47. The van der Waals surface area contributed by atoms with Gasteiger partial charge in [-0.25, -0.2) is 4.98 Å². The van der Waals surface area contributed by atoms with Crippen molar-refractivity contribution in [3.8, 4) is 0 Å². The van der Waals surface area contributed by atoms with Gasteiger partial charge in [-0.1, -0.05) is 42.8 Å². The van der Waals surface area contributed by atoms with Gasteiger partial charge >= 0.3 is 0 Å². The second-order valence-corrected chi connectivity index (χ2v) is 5.22. The molecule has 0 saturated heterocycles. The van der Waals surface area contributed by atoms with Crippen LogP contribution in [-0.2, 0) is 24.2 Å². The van der Waals surface area contributed by atoms with Crippen LogP contribution in [0.3, 0.4) is 0 Å². The molecule has 2 aromatic rings. The van der Waals surface area contributed by atoms with Crippen LogP contribution in [0.5, 0.6) is 0 Å². The summed E-state index contributed by atoms with van der Waals surface area (Å²) in [5.41, 5.74) is 9.25. The molecule has 21 heavy (non-hydrogen) atoms. The van der Waals surface area contributed by atoms with E-state index in [9.17, 15) is 4.79 Å². The number of hydrogen-bond acceptors (Lipinski definition) is 3. The maximum atomic E-state index is 11.1. The Hall–Kier alpha value is -2.07. The van der Waals surface area contributed by atoms with Gasteiger partial charge in [0.05, 0.1) is 6.42 Å². The fourth-order valence-corrected chi connectivity index (χ4v) is 2.27. The number of rotatable bonds is 6. The Morgan fingerprint density at radius 1 is 1.33 bits per heavy atom. The van der Waals surface area contributed by atoms with E-state index in [1.807, 2.05) is 6.07 Å². The standard InChI is InChI=1S/C16H18ClN3O/c1-2-11-4-3-5-12(6-11)9-19-14-8-15(17)20-10-13(14)7-16(18)21/h3-6,8,10H,2,7,9H2,1H3,(H2,18,21)(H,19,20). The molecule has 110 valence electrons. The normalized spacial score (nSPS) is 10.4. The summed E-state index contributed by atoms with van der Waals surface area (Å²) in [6, 6.07) is 10.1. The van der Waals surface area contributed by atoms with Gasteiger partial charge in [-0.2, -0.15) is 0 Å². The molecule has 0 atom stereocenters. The number of pyridine rings is 1. The predicted octanol–water partition coefficient (Wildman–Crippen LogP) is 2.94. The van der Waals surface area contributed by atoms with Gasteiger partial charge < -0.3 is 11.1 Å². The minimum absolute atomic E-state index is 0.140. The second kappa shape index (κ2) is 7.09. The molecule has 0 saturated carbocycles. The van der Waals surface area contributed by atoms with Gasteiger partial charge in [0, 0.05) is 24.0 Å². The van der Waals surface area contributed by atoms with Crippen LogP contribution in [0.4, 0.5) is 5.69 Å². The molecule has 1 amide bonds. The van der Waals surface area contributed by atoms with Gasteiger partial charge in [0.15, 0.2) is 0 Å². The van der Waals surface area contributed by atoms with Crippen molar-refractivity contribution >= 4 is 23.2 Å². The lowest BCUT2D eigenvalue weighted by atomic mass is 10.1. The Labute approximate surface area is 129 Å². The monoisotopic (exact) mass is 303 g/mol. The lowest BCUT2D eigenvalue weighted by Gasteiger charge is -2.12. The number of anilines is 1. The molecule has 4 nitrogen and oxygen atoms in total. The molecule has 0 spiro atoms. The molecule has 3 N–H and O–H groups in total. The molecule has 0 fully saturated rings. The van der Waals surface area contributed by atoms with E-state index in [0.29, 0.717) is 11.7 Å². The molecule has 0 aliphatic heterocycles. The molecular weight excluding hydrogens is 286 g/mol. The maximum absolute atomic E-state index is 11.1. The van der Waals surface area contributed by atoms with E-state index < -0.39 is 5.91 Å². The van der Waals surface area contributed by atoms with Gasteiger partial charge in [-0.05, 0) is 23.6 Å². The molecular formula is C16H18ClN3O. The van der Waals surface area contributed by atoms with Crippen LogP contribution in [0, 0.1) is 0 Å². The number of nitrogens with two attached hydrogens (primary N) is 1. The fourth-order valence-electron chi connectivity index (χ4n) is 2.11. The number of benzene rings is 1. The molecule has 0 aliphatic carbocycles. The number of nitrogens with zero attached hydrogens (tertiary/aromatic N) is 1. The highest BCUT2D eigenvalue weighted by molar-refractivity contribution is 6.29. The van der Waals surface area contributed by atoms with E-state index in [1.54, 1.807) is 12.3 Å². The summed E-state index contributed by atoms with van der Waals surface area (Å²) in [5.74, 6) is -0.393. The van der Waals surface area contributed by atoms with Gasteiger partial charge in [0.25, 0.3) is 0 Å². The van der Waals surface area contributed by atoms with E-state index in [4.69, 9.17) is 17.3 Å². The van der Waals surface area contributed by atoms with Crippen molar-refractivity contribution in [2.45, 2.75) is 26.3 Å². The summed E-state index contributed by atoms with van der Waals surface area (Å²) in [5, 5.41) is 3.68. The van der Waals surface area contributed by atoms with Gasteiger partial charge in [0.2, 0.25) is 5.91 Å². The fraction of sp³-hybridized carbons (Fsp3) is 0.250. The Bertz CT molecular complexity index is 643. The second-order valence-electron chi connectivity index (χ2n) is 4.83. The zero-order valence-corrected chi connectivity index (χ0v) is 12.7. The minimum atomic E-state index is -0.393. The number of hydrogen-bond donors (Lipinski definition) is 2. The van der Waals surface area contributed by atoms with E-state index in [2.05, 4.69) is 35.4 Å². The molecule has 1 aromatic carbocycles. The molecule has 2 rings (SSSR count).